The molecule has 3 rings (SSSR count). The van der Waals surface area contributed by atoms with Crippen LogP contribution in [0.2, 0.25) is 5.02 Å². The van der Waals surface area contributed by atoms with Crippen LogP contribution < -0.4 is 5.32 Å². The molecule has 3 amide bonds. The molecule has 0 aromatic heterocycles. The summed E-state index contributed by atoms with van der Waals surface area (Å²) in [7, 11) is 0. The minimum atomic E-state index is -0.130. The van der Waals surface area contributed by atoms with Gasteiger partial charge in [0.05, 0.1) is 12.0 Å². The van der Waals surface area contributed by atoms with E-state index in [1.807, 2.05) is 41.0 Å². The van der Waals surface area contributed by atoms with Crippen molar-refractivity contribution < 1.29 is 9.59 Å². The van der Waals surface area contributed by atoms with Crippen molar-refractivity contribution >= 4 is 23.5 Å². The van der Waals surface area contributed by atoms with Gasteiger partial charge in [-0.05, 0) is 50.3 Å². The second-order valence-corrected chi connectivity index (χ2v) is 7.48. The Morgan fingerprint density at radius 2 is 1.72 bits per heavy atom. The molecule has 2 aliphatic rings. The summed E-state index contributed by atoms with van der Waals surface area (Å²) < 4.78 is 0. The molecule has 136 valence electrons. The van der Waals surface area contributed by atoms with Gasteiger partial charge in [-0.15, -0.1) is 0 Å². The topological polar surface area (TPSA) is 52.7 Å². The molecule has 0 spiro atoms. The number of rotatable bonds is 3. The van der Waals surface area contributed by atoms with E-state index in [9.17, 15) is 9.59 Å². The molecule has 5 nitrogen and oxygen atoms in total. The van der Waals surface area contributed by atoms with Crippen molar-refractivity contribution in [2.45, 2.75) is 38.6 Å². The molecule has 1 aromatic rings. The van der Waals surface area contributed by atoms with Gasteiger partial charge in [0.15, 0.2) is 0 Å². The van der Waals surface area contributed by atoms with Crippen LogP contribution in [0.1, 0.15) is 44.2 Å². The molecule has 2 atom stereocenters. The van der Waals surface area contributed by atoms with Gasteiger partial charge in [-0.1, -0.05) is 23.7 Å². The molecule has 0 unspecified atom stereocenters. The Morgan fingerprint density at radius 3 is 2.40 bits per heavy atom. The van der Waals surface area contributed by atoms with Crippen LogP contribution in [0.15, 0.2) is 24.3 Å². The number of nitrogens with one attached hydrogen (secondary N) is 1. The Labute approximate surface area is 154 Å². The van der Waals surface area contributed by atoms with E-state index < -0.39 is 0 Å². The van der Waals surface area contributed by atoms with Crippen molar-refractivity contribution in [2.24, 2.45) is 5.92 Å². The molecule has 1 aromatic carbocycles. The number of urea groups is 1. The van der Waals surface area contributed by atoms with Crippen LogP contribution in [0.4, 0.5) is 4.79 Å². The summed E-state index contributed by atoms with van der Waals surface area (Å²) in [5.74, 6) is -0.101. The summed E-state index contributed by atoms with van der Waals surface area (Å²) >= 11 is 5.91. The van der Waals surface area contributed by atoms with Crippen LogP contribution in [0, 0.1) is 5.92 Å². The van der Waals surface area contributed by atoms with Crippen LogP contribution in [0.3, 0.4) is 0 Å². The van der Waals surface area contributed by atoms with E-state index in [1.54, 1.807) is 0 Å². The first-order chi connectivity index (χ1) is 12.0. The van der Waals surface area contributed by atoms with E-state index in [0.29, 0.717) is 11.6 Å². The minimum Gasteiger partial charge on any atom is -0.349 e. The van der Waals surface area contributed by atoms with E-state index in [4.69, 9.17) is 11.6 Å². The summed E-state index contributed by atoms with van der Waals surface area (Å²) in [5.41, 5.74) is 1.03. The highest BCUT2D eigenvalue weighted by Gasteiger charge is 2.31. The monoisotopic (exact) mass is 363 g/mol. The first-order valence-electron chi connectivity index (χ1n) is 9.14. The molecular weight excluding hydrogens is 338 g/mol. The number of amides is 3. The summed E-state index contributed by atoms with van der Waals surface area (Å²) in [5, 5.41) is 3.77. The van der Waals surface area contributed by atoms with Gasteiger partial charge in [0.2, 0.25) is 5.91 Å². The zero-order chi connectivity index (χ0) is 17.8. The minimum absolute atomic E-state index is 0.0290. The number of benzene rings is 1. The molecule has 0 radical (unpaired) electrons. The van der Waals surface area contributed by atoms with E-state index in [2.05, 4.69) is 5.32 Å². The zero-order valence-electron chi connectivity index (χ0n) is 14.7. The Balaban J connectivity index is 1.56. The number of carbonyl (C=O) groups is 2. The zero-order valence-corrected chi connectivity index (χ0v) is 15.5. The van der Waals surface area contributed by atoms with Gasteiger partial charge in [-0.3, -0.25) is 4.79 Å². The van der Waals surface area contributed by atoms with Crippen molar-refractivity contribution in [3.05, 3.63) is 34.9 Å². The molecule has 0 saturated carbocycles. The second kappa shape index (κ2) is 8.09. The van der Waals surface area contributed by atoms with Crippen molar-refractivity contribution in [3.8, 4) is 0 Å². The lowest BCUT2D eigenvalue weighted by Crippen LogP contribution is -2.49. The van der Waals surface area contributed by atoms with Gasteiger partial charge in [0, 0.05) is 31.2 Å². The fourth-order valence-corrected chi connectivity index (χ4v) is 3.77. The molecule has 0 aliphatic carbocycles. The van der Waals surface area contributed by atoms with Crippen molar-refractivity contribution in [3.63, 3.8) is 0 Å². The van der Waals surface area contributed by atoms with Crippen molar-refractivity contribution in [1.82, 2.24) is 15.1 Å². The van der Waals surface area contributed by atoms with Crippen LogP contribution in [-0.2, 0) is 4.79 Å². The van der Waals surface area contributed by atoms with Gasteiger partial charge < -0.3 is 15.1 Å². The highest BCUT2D eigenvalue weighted by molar-refractivity contribution is 6.30. The van der Waals surface area contributed by atoms with Gasteiger partial charge in [0.1, 0.15) is 0 Å². The van der Waals surface area contributed by atoms with E-state index in [0.717, 1.165) is 50.9 Å². The second-order valence-electron chi connectivity index (χ2n) is 7.04. The predicted molar refractivity (Wildman–Crippen MR) is 98.5 cm³/mol. The first kappa shape index (κ1) is 18.1. The summed E-state index contributed by atoms with van der Waals surface area (Å²) in [4.78, 5) is 29.0. The lowest BCUT2D eigenvalue weighted by atomic mass is 9.96. The fraction of sp³-hybridized carbons (Fsp3) is 0.579. The molecular formula is C19H26ClN3O2. The highest BCUT2D eigenvalue weighted by atomic mass is 35.5. The standard InChI is InChI=1S/C19H26ClN3O2/c1-14(15-6-8-17(20)9-7-15)21-18(24)16-5-4-12-23(13-16)19(25)22-10-2-3-11-22/h6-9,14,16H,2-5,10-13H2,1H3,(H,21,24)/t14-,16-/m0/s1. The maximum atomic E-state index is 12.6. The van der Waals surface area contributed by atoms with Crippen LogP contribution in [0.25, 0.3) is 0 Å². The van der Waals surface area contributed by atoms with E-state index >= 15 is 0 Å². The number of piperidine rings is 1. The average Bonchev–Trinajstić information content (AvgIpc) is 3.16. The van der Waals surface area contributed by atoms with Gasteiger partial charge in [-0.25, -0.2) is 4.79 Å². The summed E-state index contributed by atoms with van der Waals surface area (Å²) in [6.45, 7) is 4.94. The third-order valence-corrected chi connectivity index (χ3v) is 5.42. The molecule has 1 N–H and O–H groups in total. The third-order valence-electron chi connectivity index (χ3n) is 5.17. The smallest absolute Gasteiger partial charge is 0.320 e. The van der Waals surface area contributed by atoms with Crippen molar-refractivity contribution in [1.29, 1.82) is 0 Å². The SMILES string of the molecule is C[C@H](NC(=O)[C@H]1CCCN(C(=O)N2CCCC2)C1)c1ccc(Cl)cc1. The Morgan fingerprint density at radius 1 is 1.08 bits per heavy atom. The lowest BCUT2D eigenvalue weighted by molar-refractivity contribution is -0.127. The number of nitrogens with zero attached hydrogens (tertiary/aromatic N) is 2. The van der Waals surface area contributed by atoms with Gasteiger partial charge >= 0.3 is 6.03 Å². The largest absolute Gasteiger partial charge is 0.349 e. The van der Waals surface area contributed by atoms with E-state index in [-0.39, 0.29) is 23.9 Å². The van der Waals surface area contributed by atoms with Crippen molar-refractivity contribution in [2.75, 3.05) is 26.2 Å². The number of likely N-dealkylation sites (tertiary alicyclic amines) is 2. The molecule has 25 heavy (non-hydrogen) atoms. The molecule has 2 heterocycles. The number of hydrogen-bond acceptors (Lipinski definition) is 2. The molecule has 2 aliphatic heterocycles. The maximum Gasteiger partial charge on any atom is 0.320 e. The summed E-state index contributed by atoms with van der Waals surface area (Å²) in [6.07, 6.45) is 3.89. The fourth-order valence-electron chi connectivity index (χ4n) is 3.64. The van der Waals surface area contributed by atoms with Crippen LogP contribution in [0.5, 0.6) is 0 Å². The maximum absolute atomic E-state index is 12.6. The van der Waals surface area contributed by atoms with E-state index in [1.165, 1.54) is 0 Å². The Kier molecular flexibility index (Phi) is 5.84. The quantitative estimate of drug-likeness (QED) is 0.894. The number of halogens is 1. The molecule has 2 fully saturated rings. The summed E-state index contributed by atoms with van der Waals surface area (Å²) in [6, 6.07) is 7.54. The first-order valence-corrected chi connectivity index (χ1v) is 9.52. The molecule has 6 heteroatoms. The van der Waals surface area contributed by atoms with Gasteiger partial charge in [0.25, 0.3) is 0 Å². The highest BCUT2D eigenvalue weighted by Crippen LogP contribution is 2.22. The van der Waals surface area contributed by atoms with Crippen LogP contribution >= 0.6 is 11.6 Å². The Hall–Kier alpha value is -1.75. The molecule has 0 bridgehead atoms. The molecule has 2 saturated heterocycles. The number of hydrogen-bond donors (Lipinski definition) is 1. The van der Waals surface area contributed by atoms with Gasteiger partial charge in [-0.2, -0.15) is 0 Å². The predicted octanol–water partition coefficient (Wildman–Crippen LogP) is 3.45. The normalized spacial score (nSPS) is 21.9. The number of carbonyl (C=O) groups excluding carboxylic acids is 2. The van der Waals surface area contributed by atoms with Crippen LogP contribution in [-0.4, -0.2) is 47.9 Å². The third kappa shape index (κ3) is 4.46. The lowest BCUT2D eigenvalue weighted by Gasteiger charge is -2.35. The average molecular weight is 364 g/mol. The Bertz CT molecular complexity index is 614.